The molecule has 0 bridgehead atoms. The minimum Gasteiger partial charge on any atom is -0.424 e. The van der Waals surface area contributed by atoms with Gasteiger partial charge in [-0.15, -0.1) is 0 Å². The van der Waals surface area contributed by atoms with Crippen LogP contribution in [0.5, 0.6) is 11.8 Å². The first kappa shape index (κ1) is 24.2. The minimum absolute atomic E-state index is 0.120. The highest BCUT2D eigenvalue weighted by Gasteiger charge is 2.31. The number of ether oxygens (including phenoxy) is 1. The molecule has 4 rings (SSSR count). The summed E-state index contributed by atoms with van der Waals surface area (Å²) < 4.78 is 48.7. The standard InChI is InChI=1S/C24H24F3N5O3/c1-14-13-32(23(33)30-21-15(2)16(3)31-35-21)8-7-18(14)9-17-5-4-6-20(10-17)34-22-28-11-19(12-29-22)24(25,26)27/h4-6,9-12,14H,7-8,13H2,1-3H3,(H,30,33). The van der Waals surface area contributed by atoms with Gasteiger partial charge in [-0.1, -0.05) is 35.9 Å². The number of hydrogen-bond donors (Lipinski definition) is 1. The third kappa shape index (κ3) is 5.79. The Labute approximate surface area is 199 Å². The monoisotopic (exact) mass is 487 g/mol. The van der Waals surface area contributed by atoms with Gasteiger partial charge in [0.25, 0.3) is 0 Å². The van der Waals surface area contributed by atoms with Gasteiger partial charge in [0.05, 0.1) is 11.3 Å². The van der Waals surface area contributed by atoms with Crippen LogP contribution in [0.1, 0.15) is 35.7 Å². The molecule has 1 N–H and O–H groups in total. The molecule has 1 atom stereocenters. The van der Waals surface area contributed by atoms with Gasteiger partial charge in [-0.05, 0) is 43.9 Å². The van der Waals surface area contributed by atoms with Crippen molar-refractivity contribution in [3.63, 3.8) is 0 Å². The number of alkyl halides is 3. The summed E-state index contributed by atoms with van der Waals surface area (Å²) in [4.78, 5) is 21.7. The van der Waals surface area contributed by atoms with Crippen LogP contribution >= 0.6 is 0 Å². The Kier molecular flexibility index (Phi) is 6.77. The van der Waals surface area contributed by atoms with Gasteiger partial charge < -0.3 is 14.2 Å². The first-order valence-corrected chi connectivity index (χ1v) is 11.0. The molecule has 1 unspecified atom stereocenters. The number of piperidine rings is 1. The van der Waals surface area contributed by atoms with Gasteiger partial charge in [-0.2, -0.15) is 13.2 Å². The number of nitrogens with zero attached hydrogens (tertiary/aromatic N) is 4. The first-order valence-electron chi connectivity index (χ1n) is 11.0. The van der Waals surface area contributed by atoms with Gasteiger partial charge >= 0.3 is 18.2 Å². The van der Waals surface area contributed by atoms with E-state index in [9.17, 15) is 18.0 Å². The number of rotatable bonds is 4. The fraction of sp³-hybridized carbons (Fsp3) is 0.333. The Morgan fingerprint density at radius 3 is 2.63 bits per heavy atom. The minimum atomic E-state index is -4.51. The lowest BCUT2D eigenvalue weighted by Gasteiger charge is -2.33. The van der Waals surface area contributed by atoms with E-state index in [0.29, 0.717) is 43.5 Å². The third-order valence-electron chi connectivity index (χ3n) is 5.84. The summed E-state index contributed by atoms with van der Waals surface area (Å²) in [7, 11) is 0. The average Bonchev–Trinajstić information content (AvgIpc) is 3.12. The Morgan fingerprint density at radius 1 is 1.26 bits per heavy atom. The van der Waals surface area contributed by atoms with Gasteiger partial charge in [0.15, 0.2) is 0 Å². The van der Waals surface area contributed by atoms with Crippen LogP contribution in [0.2, 0.25) is 0 Å². The number of benzene rings is 1. The zero-order valence-electron chi connectivity index (χ0n) is 19.4. The lowest BCUT2D eigenvalue weighted by Crippen LogP contribution is -2.42. The molecular formula is C24H24F3N5O3. The highest BCUT2D eigenvalue weighted by atomic mass is 19.4. The van der Waals surface area contributed by atoms with Crippen molar-refractivity contribution < 1.29 is 27.2 Å². The highest BCUT2D eigenvalue weighted by molar-refractivity contribution is 5.88. The number of nitrogens with one attached hydrogen (secondary N) is 1. The van der Waals surface area contributed by atoms with E-state index in [0.717, 1.165) is 16.8 Å². The topological polar surface area (TPSA) is 93.4 Å². The van der Waals surface area contributed by atoms with Crippen molar-refractivity contribution in [3.05, 3.63) is 64.6 Å². The molecule has 184 valence electrons. The molecule has 0 saturated carbocycles. The van der Waals surface area contributed by atoms with E-state index in [1.54, 1.807) is 23.1 Å². The molecule has 3 aromatic rings. The number of hydrogen-bond acceptors (Lipinski definition) is 6. The molecule has 0 spiro atoms. The predicted molar refractivity (Wildman–Crippen MR) is 122 cm³/mol. The van der Waals surface area contributed by atoms with Crippen LogP contribution in [0.25, 0.3) is 6.08 Å². The Hall–Kier alpha value is -3.89. The van der Waals surface area contributed by atoms with E-state index in [-0.39, 0.29) is 18.0 Å². The molecule has 35 heavy (non-hydrogen) atoms. The number of aryl methyl sites for hydroxylation is 1. The van der Waals surface area contributed by atoms with Crippen molar-refractivity contribution in [1.82, 2.24) is 20.0 Å². The number of amides is 2. The number of aromatic nitrogens is 3. The molecule has 1 aromatic carbocycles. The largest absolute Gasteiger partial charge is 0.424 e. The van der Waals surface area contributed by atoms with Crippen LogP contribution in [0.4, 0.5) is 23.8 Å². The first-order chi connectivity index (χ1) is 16.6. The van der Waals surface area contributed by atoms with E-state index in [2.05, 4.69) is 20.4 Å². The summed E-state index contributed by atoms with van der Waals surface area (Å²) >= 11 is 0. The SMILES string of the molecule is Cc1noc(NC(=O)N2CCC(=Cc3cccc(Oc4ncc(C(F)(F)F)cn4)c3)C(C)C2)c1C. The van der Waals surface area contributed by atoms with E-state index < -0.39 is 11.7 Å². The van der Waals surface area contributed by atoms with Crippen molar-refractivity contribution in [2.75, 3.05) is 18.4 Å². The zero-order valence-corrected chi connectivity index (χ0v) is 19.4. The Balaban J connectivity index is 1.39. The molecule has 2 amide bonds. The maximum atomic E-state index is 12.7. The smallest absolute Gasteiger partial charge is 0.419 e. The van der Waals surface area contributed by atoms with E-state index in [1.807, 2.05) is 32.9 Å². The fourth-order valence-corrected chi connectivity index (χ4v) is 3.66. The second kappa shape index (κ2) is 9.77. The van der Waals surface area contributed by atoms with Crippen LogP contribution in [0.3, 0.4) is 0 Å². The van der Waals surface area contributed by atoms with Crippen molar-refractivity contribution in [1.29, 1.82) is 0 Å². The van der Waals surface area contributed by atoms with E-state index in [1.165, 1.54) is 5.57 Å². The number of halogens is 3. The summed E-state index contributed by atoms with van der Waals surface area (Å²) in [5.41, 5.74) is 2.62. The quantitative estimate of drug-likeness (QED) is 0.496. The molecule has 0 aliphatic carbocycles. The molecule has 8 nitrogen and oxygen atoms in total. The van der Waals surface area contributed by atoms with Crippen molar-refractivity contribution in [2.24, 2.45) is 5.92 Å². The van der Waals surface area contributed by atoms with E-state index in [4.69, 9.17) is 9.26 Å². The van der Waals surface area contributed by atoms with Crippen LogP contribution in [0, 0.1) is 19.8 Å². The molecule has 1 aliphatic rings. The Bertz CT molecular complexity index is 1240. The lowest BCUT2D eigenvalue weighted by atomic mass is 9.91. The maximum Gasteiger partial charge on any atom is 0.419 e. The molecule has 11 heteroatoms. The normalized spacial score (nSPS) is 17.5. The summed E-state index contributed by atoms with van der Waals surface area (Å²) in [5, 5.41) is 6.63. The second-order valence-electron chi connectivity index (χ2n) is 8.40. The summed E-state index contributed by atoms with van der Waals surface area (Å²) in [6.45, 7) is 6.78. The van der Waals surface area contributed by atoms with Crippen molar-refractivity contribution >= 4 is 18.0 Å². The summed E-state index contributed by atoms with van der Waals surface area (Å²) in [6.07, 6.45) is -0.415. The van der Waals surface area contributed by atoms with Gasteiger partial charge in [-0.3, -0.25) is 5.32 Å². The highest BCUT2D eigenvalue weighted by Crippen LogP contribution is 2.30. The number of urea groups is 1. The zero-order chi connectivity index (χ0) is 25.2. The van der Waals surface area contributed by atoms with Gasteiger partial charge in [0, 0.05) is 31.0 Å². The lowest BCUT2D eigenvalue weighted by molar-refractivity contribution is -0.138. The van der Waals surface area contributed by atoms with Gasteiger partial charge in [0.1, 0.15) is 5.75 Å². The van der Waals surface area contributed by atoms with Gasteiger partial charge in [-0.25, -0.2) is 14.8 Å². The van der Waals surface area contributed by atoms with Gasteiger partial charge in [0.2, 0.25) is 5.88 Å². The second-order valence-corrected chi connectivity index (χ2v) is 8.40. The molecule has 1 fully saturated rings. The Morgan fingerprint density at radius 2 is 2.00 bits per heavy atom. The number of carbonyl (C=O) groups is 1. The van der Waals surface area contributed by atoms with Crippen LogP contribution in [-0.4, -0.2) is 39.1 Å². The molecular weight excluding hydrogens is 463 g/mol. The van der Waals surface area contributed by atoms with Crippen LogP contribution in [-0.2, 0) is 6.18 Å². The number of anilines is 1. The molecule has 0 radical (unpaired) electrons. The third-order valence-corrected chi connectivity index (χ3v) is 5.84. The number of carbonyl (C=O) groups excluding carboxylic acids is 1. The predicted octanol–water partition coefficient (Wildman–Crippen LogP) is 5.85. The average molecular weight is 487 g/mol. The summed E-state index contributed by atoms with van der Waals surface area (Å²) in [5.74, 6) is 0.881. The van der Waals surface area contributed by atoms with Crippen LogP contribution < -0.4 is 10.1 Å². The van der Waals surface area contributed by atoms with E-state index >= 15 is 0 Å². The van der Waals surface area contributed by atoms with Crippen LogP contribution in [0.15, 0.2) is 46.8 Å². The van der Waals surface area contributed by atoms with Crippen molar-refractivity contribution in [2.45, 2.75) is 33.4 Å². The molecule has 3 heterocycles. The molecule has 2 aromatic heterocycles. The molecule has 1 aliphatic heterocycles. The molecule has 1 saturated heterocycles. The summed E-state index contributed by atoms with van der Waals surface area (Å²) in [6, 6.07) is 6.70. The fourth-order valence-electron chi connectivity index (χ4n) is 3.66. The number of likely N-dealkylation sites (tertiary alicyclic amines) is 1. The maximum absolute atomic E-state index is 12.7. The van der Waals surface area contributed by atoms with Crippen molar-refractivity contribution in [3.8, 4) is 11.8 Å².